The van der Waals surface area contributed by atoms with E-state index in [1.165, 1.54) is 22.8 Å². The van der Waals surface area contributed by atoms with Crippen molar-refractivity contribution in [2.75, 3.05) is 0 Å². The van der Waals surface area contributed by atoms with Crippen molar-refractivity contribution in [2.24, 2.45) is 5.41 Å². The SMILES string of the molecule is CC(C)(C)c1ccc(-n2c(-c3[c-]cccc3)nc3ccccc32)c(-c2ccccc2)c1.[2H]C([2H])([2H])c1ccc2c(n1)oc1c(-c3cc(C([2H])([2H])C(C)(C)C)ccn3)[c-]ccc12.[Ir]. The number of hydrogen-bond acceptors (Lipinski definition) is 4. The van der Waals surface area contributed by atoms with E-state index in [1.807, 2.05) is 51.1 Å². The van der Waals surface area contributed by atoms with Gasteiger partial charge in [0.15, 0.2) is 0 Å². The minimum absolute atomic E-state index is 0. The summed E-state index contributed by atoms with van der Waals surface area (Å²) >= 11 is 0. The molecule has 0 atom stereocenters. The molecule has 9 rings (SSSR count). The molecule has 0 saturated carbocycles. The van der Waals surface area contributed by atoms with Crippen LogP contribution in [0.15, 0.2) is 144 Å². The molecule has 0 saturated heterocycles. The number of imidazole rings is 1. The molecule has 57 heavy (non-hydrogen) atoms. The normalized spacial score (nSPS) is 13.5. The Labute approximate surface area is 356 Å². The van der Waals surface area contributed by atoms with Crippen LogP contribution in [0.25, 0.3) is 72.6 Å². The van der Waals surface area contributed by atoms with Crippen molar-refractivity contribution in [3.63, 3.8) is 0 Å². The number of benzene rings is 5. The van der Waals surface area contributed by atoms with Gasteiger partial charge in [0.25, 0.3) is 0 Å². The predicted molar refractivity (Wildman–Crippen MR) is 231 cm³/mol. The predicted octanol–water partition coefficient (Wildman–Crippen LogP) is 13.2. The number of aryl methyl sites for hydroxylation is 1. The molecule has 4 heterocycles. The van der Waals surface area contributed by atoms with Crippen LogP contribution in [0.2, 0.25) is 0 Å². The summed E-state index contributed by atoms with van der Waals surface area (Å²) in [6.07, 6.45) is 0.0111. The fraction of sp³-hybridized carbons (Fsp3) is 0.196. The molecule has 0 amide bonds. The first-order valence-electron chi connectivity index (χ1n) is 21.3. The number of rotatable bonds is 5. The van der Waals surface area contributed by atoms with Gasteiger partial charge in [0.2, 0.25) is 5.71 Å². The average Bonchev–Trinajstić information content (AvgIpc) is 3.82. The van der Waals surface area contributed by atoms with Crippen LogP contribution in [-0.4, -0.2) is 19.5 Å². The van der Waals surface area contributed by atoms with Gasteiger partial charge in [-0.05, 0) is 83.3 Å². The maximum absolute atomic E-state index is 8.55. The molecule has 0 unspecified atom stereocenters. The van der Waals surface area contributed by atoms with E-state index in [9.17, 15) is 0 Å². The fourth-order valence-electron chi connectivity index (χ4n) is 6.92. The minimum atomic E-state index is -2.32. The average molecular weight is 928 g/mol. The minimum Gasteiger partial charge on any atom is -0.486 e. The Bertz CT molecular complexity index is 3020. The van der Waals surface area contributed by atoms with E-state index in [-0.39, 0.29) is 36.9 Å². The molecule has 5 nitrogen and oxygen atoms in total. The van der Waals surface area contributed by atoms with Gasteiger partial charge in [-0.3, -0.25) is 4.98 Å². The number of pyridine rings is 2. The Morgan fingerprint density at radius 2 is 1.54 bits per heavy atom. The second kappa shape index (κ2) is 16.1. The monoisotopic (exact) mass is 928 g/mol. The van der Waals surface area contributed by atoms with E-state index in [2.05, 4.69) is 120 Å². The van der Waals surface area contributed by atoms with Crippen molar-refractivity contribution in [1.29, 1.82) is 0 Å². The van der Waals surface area contributed by atoms with Gasteiger partial charge in [0.05, 0.1) is 22.4 Å². The zero-order valence-electron chi connectivity index (χ0n) is 37.8. The van der Waals surface area contributed by atoms with Crippen LogP contribution in [0.4, 0.5) is 0 Å². The first-order valence-corrected chi connectivity index (χ1v) is 18.8. The topological polar surface area (TPSA) is 56.7 Å². The standard InChI is InChI=1S/C29H25N2.C22H21N2O.Ir/c1-29(2,3)23-18-19-26(24(20-23)21-12-6-4-7-13-21)31-27-17-11-10-16-25(27)30-28(31)22-14-8-5-9-15-22;1-14-8-9-17-16-6-5-7-18(20(16)25-21(17)24-14)19-12-15(10-11-23-19)13-22(2,3)4;/h4-14,16-20H,1-3H3;5-6,8-12H,13H2,1-4H3;/q2*-1;/i;1D3,13D2;. The Morgan fingerprint density at radius 3 is 2.30 bits per heavy atom. The van der Waals surface area contributed by atoms with E-state index in [4.69, 9.17) is 16.3 Å². The molecule has 0 spiro atoms. The summed E-state index contributed by atoms with van der Waals surface area (Å²) in [5, 5.41) is 1.48. The third-order valence-corrected chi connectivity index (χ3v) is 9.53. The van der Waals surface area contributed by atoms with Gasteiger partial charge >= 0.3 is 0 Å². The molecule has 9 aromatic rings. The van der Waals surface area contributed by atoms with Crippen molar-refractivity contribution in [2.45, 2.75) is 60.2 Å². The summed E-state index contributed by atoms with van der Waals surface area (Å²) in [5.74, 6) is 0.905. The summed E-state index contributed by atoms with van der Waals surface area (Å²) in [7, 11) is 0. The van der Waals surface area contributed by atoms with Gasteiger partial charge in [-0.1, -0.05) is 113 Å². The molecule has 287 valence electrons. The van der Waals surface area contributed by atoms with Crippen LogP contribution in [0.3, 0.4) is 0 Å². The van der Waals surface area contributed by atoms with Crippen LogP contribution in [0.1, 0.15) is 65.2 Å². The van der Waals surface area contributed by atoms with Crippen molar-refractivity contribution in [1.82, 2.24) is 19.5 Å². The Morgan fingerprint density at radius 1 is 0.754 bits per heavy atom. The van der Waals surface area contributed by atoms with Gasteiger partial charge < -0.3 is 14.0 Å². The van der Waals surface area contributed by atoms with Crippen molar-refractivity contribution >= 4 is 33.1 Å². The van der Waals surface area contributed by atoms with E-state index in [1.54, 1.807) is 30.5 Å². The first kappa shape index (κ1) is 33.5. The zero-order valence-corrected chi connectivity index (χ0v) is 35.2. The molecule has 6 heteroatoms. The summed E-state index contributed by atoms with van der Waals surface area (Å²) in [6, 6.07) is 50.5. The Balaban J connectivity index is 0.000000184. The molecule has 0 aliphatic rings. The number of aromatic nitrogens is 4. The van der Waals surface area contributed by atoms with Crippen LogP contribution < -0.4 is 0 Å². The smallest absolute Gasteiger partial charge is 0.216 e. The van der Waals surface area contributed by atoms with Crippen LogP contribution >= 0.6 is 0 Å². The molecule has 0 aliphatic carbocycles. The van der Waals surface area contributed by atoms with Crippen molar-refractivity contribution in [3.05, 3.63) is 169 Å². The maximum Gasteiger partial charge on any atom is 0.216 e. The summed E-state index contributed by atoms with van der Waals surface area (Å²) in [6.45, 7) is 10.0. The number of hydrogen-bond donors (Lipinski definition) is 0. The Kier molecular flexibility index (Phi) is 9.42. The van der Waals surface area contributed by atoms with Gasteiger partial charge in [-0.15, -0.1) is 54.1 Å². The van der Waals surface area contributed by atoms with Gasteiger partial charge in [-0.25, -0.2) is 4.98 Å². The second-order valence-electron chi connectivity index (χ2n) is 15.9. The van der Waals surface area contributed by atoms with Crippen molar-refractivity contribution < 1.29 is 31.4 Å². The molecule has 0 bridgehead atoms. The number of fused-ring (bicyclic) bond motifs is 4. The van der Waals surface area contributed by atoms with E-state index in [0.29, 0.717) is 27.8 Å². The molecular formula is C51H46IrN4O-2. The third-order valence-electron chi connectivity index (χ3n) is 9.53. The maximum atomic E-state index is 8.55. The summed E-state index contributed by atoms with van der Waals surface area (Å²) < 4.78 is 48.0. The van der Waals surface area contributed by atoms with Gasteiger partial charge in [-0.2, -0.15) is 0 Å². The molecular weight excluding hydrogens is 877 g/mol. The quantitative estimate of drug-likeness (QED) is 0.161. The summed E-state index contributed by atoms with van der Waals surface area (Å²) in [5.41, 5.74) is 9.68. The number of para-hydroxylation sites is 2. The van der Waals surface area contributed by atoms with Crippen LogP contribution in [0, 0.1) is 24.4 Å². The van der Waals surface area contributed by atoms with Crippen LogP contribution in [-0.2, 0) is 31.9 Å². The van der Waals surface area contributed by atoms with Gasteiger partial charge in [0, 0.05) is 55.5 Å². The molecule has 1 radical (unpaired) electrons. The largest absolute Gasteiger partial charge is 0.486 e. The molecule has 4 aromatic heterocycles. The van der Waals surface area contributed by atoms with Gasteiger partial charge in [0.1, 0.15) is 0 Å². The number of furan rings is 1. The zero-order chi connectivity index (χ0) is 43.3. The summed E-state index contributed by atoms with van der Waals surface area (Å²) in [4.78, 5) is 13.6. The van der Waals surface area contributed by atoms with E-state index in [0.717, 1.165) is 33.5 Å². The second-order valence-corrected chi connectivity index (χ2v) is 15.9. The third kappa shape index (κ3) is 8.39. The van der Waals surface area contributed by atoms with Crippen molar-refractivity contribution in [3.8, 4) is 39.5 Å². The molecule has 0 fully saturated rings. The molecule has 0 N–H and O–H groups in total. The van der Waals surface area contributed by atoms with Crippen LogP contribution in [0.5, 0.6) is 0 Å². The fourth-order valence-corrected chi connectivity index (χ4v) is 6.92. The first-order chi connectivity index (χ1) is 28.9. The number of nitrogens with zero attached hydrogens (tertiary/aromatic N) is 4. The molecule has 0 aliphatic heterocycles. The Hall–Kier alpha value is -5.68. The van der Waals surface area contributed by atoms with E-state index >= 15 is 0 Å². The molecule has 5 aromatic carbocycles. The van der Waals surface area contributed by atoms with E-state index < -0.39 is 18.6 Å².